The number of nitro benzene ring substituents is 1. The Kier molecular flexibility index (Phi) is 8.12. The van der Waals surface area contributed by atoms with Gasteiger partial charge in [-0.25, -0.2) is 8.42 Å². The van der Waals surface area contributed by atoms with E-state index in [4.69, 9.17) is 4.74 Å². The first kappa shape index (κ1) is 24.3. The number of benzene rings is 2. The monoisotopic (exact) mass is 449 g/mol. The minimum absolute atomic E-state index is 0.186. The molecule has 0 radical (unpaired) electrons. The summed E-state index contributed by atoms with van der Waals surface area (Å²) in [5.74, 6) is -0.317. The van der Waals surface area contributed by atoms with Crippen molar-refractivity contribution in [3.63, 3.8) is 0 Å². The predicted molar refractivity (Wildman–Crippen MR) is 118 cm³/mol. The number of amides is 1. The smallest absolute Gasteiger partial charge is 0.312 e. The van der Waals surface area contributed by atoms with E-state index in [0.29, 0.717) is 11.6 Å². The Morgan fingerprint density at radius 1 is 1.13 bits per heavy atom. The summed E-state index contributed by atoms with van der Waals surface area (Å²) in [6, 6.07) is 10.7. The molecule has 2 aromatic rings. The maximum atomic E-state index is 12.6. The van der Waals surface area contributed by atoms with Crippen LogP contribution in [0.4, 0.5) is 11.4 Å². The van der Waals surface area contributed by atoms with E-state index in [9.17, 15) is 23.3 Å². The van der Waals surface area contributed by atoms with Crippen LogP contribution in [0.25, 0.3) is 0 Å². The molecule has 0 saturated carbocycles. The third-order valence-electron chi connectivity index (χ3n) is 4.69. The summed E-state index contributed by atoms with van der Waals surface area (Å²) in [7, 11) is -3.86. The number of nitrogens with one attached hydrogen (secondary N) is 1. The fourth-order valence-corrected chi connectivity index (χ4v) is 4.41. The molecule has 0 spiro atoms. The molecule has 10 heteroatoms. The van der Waals surface area contributed by atoms with Crippen LogP contribution in [0.3, 0.4) is 0 Å². The molecule has 0 aliphatic heterocycles. The first-order chi connectivity index (χ1) is 14.6. The Morgan fingerprint density at radius 3 is 2.26 bits per heavy atom. The summed E-state index contributed by atoms with van der Waals surface area (Å²) in [6.07, 6.45) is 0. The average molecular weight is 450 g/mol. The highest BCUT2D eigenvalue weighted by Crippen LogP contribution is 2.31. The summed E-state index contributed by atoms with van der Waals surface area (Å²) in [6.45, 7) is 7.50. The fraction of sp³-hybridized carbons (Fsp3) is 0.381. The molecule has 1 amide bonds. The van der Waals surface area contributed by atoms with Crippen molar-refractivity contribution in [2.24, 2.45) is 0 Å². The molecule has 0 bridgehead atoms. The van der Waals surface area contributed by atoms with Gasteiger partial charge in [-0.3, -0.25) is 14.9 Å². The highest BCUT2D eigenvalue weighted by molar-refractivity contribution is 7.89. The van der Waals surface area contributed by atoms with Crippen molar-refractivity contribution in [2.45, 2.75) is 38.5 Å². The number of hydrogen-bond donors (Lipinski definition) is 1. The average Bonchev–Trinajstić information content (AvgIpc) is 2.73. The lowest BCUT2D eigenvalue weighted by atomic mass is 10.0. The van der Waals surface area contributed by atoms with Crippen LogP contribution in [0, 0.1) is 10.1 Å². The highest BCUT2D eigenvalue weighted by atomic mass is 32.2. The molecule has 0 heterocycles. The SMILES string of the molecule is CCN(CC)S(=O)(=O)c1ccc(OCC(=O)Nc2ccc(C(C)C)cc2)c([N+](=O)[O-])c1. The van der Waals surface area contributed by atoms with Crippen molar-refractivity contribution in [1.82, 2.24) is 4.31 Å². The molecule has 31 heavy (non-hydrogen) atoms. The van der Waals surface area contributed by atoms with Crippen molar-refractivity contribution in [3.8, 4) is 5.75 Å². The van der Waals surface area contributed by atoms with E-state index in [1.807, 2.05) is 12.1 Å². The van der Waals surface area contributed by atoms with Crippen LogP contribution in [-0.2, 0) is 14.8 Å². The molecule has 2 aromatic carbocycles. The summed E-state index contributed by atoms with van der Waals surface area (Å²) in [5.41, 5.74) is 1.18. The van der Waals surface area contributed by atoms with E-state index in [2.05, 4.69) is 19.2 Å². The second kappa shape index (κ2) is 10.4. The van der Waals surface area contributed by atoms with Gasteiger partial charge in [-0.2, -0.15) is 4.31 Å². The van der Waals surface area contributed by atoms with Crippen molar-refractivity contribution >= 4 is 27.3 Å². The lowest BCUT2D eigenvalue weighted by Gasteiger charge is -2.18. The fourth-order valence-electron chi connectivity index (χ4n) is 2.93. The summed E-state index contributed by atoms with van der Waals surface area (Å²) < 4.78 is 31.7. The molecule has 9 nitrogen and oxygen atoms in total. The lowest BCUT2D eigenvalue weighted by Crippen LogP contribution is -2.30. The molecule has 0 atom stereocenters. The molecule has 0 fully saturated rings. The standard InChI is InChI=1S/C21H27N3O6S/c1-5-23(6-2)31(28,29)18-11-12-20(19(13-18)24(26)27)30-14-21(25)22-17-9-7-16(8-10-17)15(3)4/h7-13,15H,5-6,14H2,1-4H3,(H,22,25). The first-order valence-corrected chi connectivity index (χ1v) is 11.3. The maximum Gasteiger partial charge on any atom is 0.312 e. The Bertz CT molecular complexity index is 1030. The Labute approximate surface area is 182 Å². The number of nitrogens with zero attached hydrogens (tertiary/aromatic N) is 2. The van der Waals surface area contributed by atoms with Crippen LogP contribution in [0.1, 0.15) is 39.2 Å². The van der Waals surface area contributed by atoms with Crippen LogP contribution >= 0.6 is 0 Å². The number of hydrogen-bond acceptors (Lipinski definition) is 6. The third-order valence-corrected chi connectivity index (χ3v) is 6.74. The minimum Gasteiger partial charge on any atom is -0.477 e. The van der Waals surface area contributed by atoms with Crippen LogP contribution in [0.2, 0.25) is 0 Å². The number of nitro groups is 1. The topological polar surface area (TPSA) is 119 Å². The van der Waals surface area contributed by atoms with E-state index in [1.54, 1.807) is 26.0 Å². The van der Waals surface area contributed by atoms with Crippen LogP contribution < -0.4 is 10.1 Å². The third kappa shape index (κ3) is 6.02. The molecule has 0 aliphatic rings. The molecular weight excluding hydrogens is 422 g/mol. The van der Waals surface area contributed by atoms with Crippen LogP contribution in [0.5, 0.6) is 5.75 Å². The Balaban J connectivity index is 2.14. The largest absolute Gasteiger partial charge is 0.477 e. The molecule has 1 N–H and O–H groups in total. The number of carbonyl (C=O) groups excluding carboxylic acids is 1. The zero-order valence-electron chi connectivity index (χ0n) is 18.0. The highest BCUT2D eigenvalue weighted by Gasteiger charge is 2.26. The van der Waals surface area contributed by atoms with Crippen molar-refractivity contribution < 1.29 is 22.9 Å². The van der Waals surface area contributed by atoms with Gasteiger partial charge in [0, 0.05) is 24.8 Å². The van der Waals surface area contributed by atoms with Gasteiger partial charge in [-0.15, -0.1) is 0 Å². The molecular formula is C21H27N3O6S. The number of rotatable bonds is 10. The minimum atomic E-state index is -3.86. The van der Waals surface area contributed by atoms with Crippen molar-refractivity contribution in [1.29, 1.82) is 0 Å². The number of sulfonamides is 1. The van der Waals surface area contributed by atoms with E-state index in [-0.39, 0.29) is 23.7 Å². The normalized spacial score (nSPS) is 11.5. The van der Waals surface area contributed by atoms with Crippen LogP contribution in [-0.4, -0.2) is 43.2 Å². The molecule has 168 valence electrons. The summed E-state index contributed by atoms with van der Waals surface area (Å²) in [4.78, 5) is 22.7. The molecule has 0 saturated heterocycles. The molecule has 0 aromatic heterocycles. The predicted octanol–water partition coefficient (Wildman–Crippen LogP) is 3.77. The number of ether oxygens (including phenoxy) is 1. The van der Waals surface area contributed by atoms with E-state index >= 15 is 0 Å². The quantitative estimate of drug-likeness (QED) is 0.436. The number of anilines is 1. The van der Waals surface area contributed by atoms with Gasteiger partial charge in [0.05, 0.1) is 9.82 Å². The van der Waals surface area contributed by atoms with Gasteiger partial charge in [-0.1, -0.05) is 39.8 Å². The van der Waals surface area contributed by atoms with Gasteiger partial charge >= 0.3 is 5.69 Å². The van der Waals surface area contributed by atoms with Gasteiger partial charge in [0.15, 0.2) is 12.4 Å². The van der Waals surface area contributed by atoms with E-state index in [0.717, 1.165) is 11.6 Å². The first-order valence-electron chi connectivity index (χ1n) is 9.91. The van der Waals surface area contributed by atoms with Gasteiger partial charge < -0.3 is 10.1 Å². The molecule has 2 rings (SSSR count). The van der Waals surface area contributed by atoms with Gasteiger partial charge in [0.1, 0.15) is 0 Å². The molecule has 0 unspecified atom stereocenters. The lowest BCUT2D eigenvalue weighted by molar-refractivity contribution is -0.386. The van der Waals surface area contributed by atoms with Gasteiger partial charge in [0.25, 0.3) is 5.91 Å². The molecule has 0 aliphatic carbocycles. The summed E-state index contributed by atoms with van der Waals surface area (Å²) >= 11 is 0. The second-order valence-corrected chi connectivity index (χ2v) is 9.03. The Morgan fingerprint density at radius 2 is 1.74 bits per heavy atom. The van der Waals surface area contributed by atoms with Gasteiger partial charge in [0.2, 0.25) is 10.0 Å². The number of carbonyl (C=O) groups is 1. The zero-order valence-corrected chi connectivity index (χ0v) is 18.8. The van der Waals surface area contributed by atoms with E-state index < -0.39 is 33.1 Å². The second-order valence-electron chi connectivity index (χ2n) is 7.09. The summed E-state index contributed by atoms with van der Waals surface area (Å²) in [5, 5.41) is 14.1. The van der Waals surface area contributed by atoms with Gasteiger partial charge in [-0.05, 0) is 35.7 Å². The van der Waals surface area contributed by atoms with Crippen molar-refractivity contribution in [3.05, 3.63) is 58.1 Å². The zero-order chi connectivity index (χ0) is 23.2. The Hall–Kier alpha value is -2.98. The van der Waals surface area contributed by atoms with Crippen LogP contribution in [0.15, 0.2) is 47.4 Å². The van der Waals surface area contributed by atoms with Crippen molar-refractivity contribution in [2.75, 3.05) is 25.0 Å². The van der Waals surface area contributed by atoms with E-state index in [1.165, 1.54) is 16.4 Å². The maximum absolute atomic E-state index is 12.6.